The summed E-state index contributed by atoms with van der Waals surface area (Å²) < 4.78 is 13.5. The van der Waals surface area contributed by atoms with Crippen molar-refractivity contribution in [3.05, 3.63) is 34.1 Å². The normalized spacial score (nSPS) is 24.1. The van der Waals surface area contributed by atoms with E-state index in [1.54, 1.807) is 11.0 Å². The molecule has 2 unspecified atom stereocenters. The summed E-state index contributed by atoms with van der Waals surface area (Å²) in [5, 5.41) is 10.9. The van der Waals surface area contributed by atoms with E-state index in [1.165, 1.54) is 6.07 Å². The summed E-state index contributed by atoms with van der Waals surface area (Å²) in [5.41, 5.74) is 5.83. The van der Waals surface area contributed by atoms with Crippen molar-refractivity contribution in [3.63, 3.8) is 0 Å². The van der Waals surface area contributed by atoms with E-state index in [0.29, 0.717) is 24.7 Å². The maximum absolute atomic E-state index is 13.5. The molecule has 2 rings (SSSR count). The van der Waals surface area contributed by atoms with Crippen LogP contribution in [0.2, 0.25) is 0 Å². The quantitative estimate of drug-likeness (QED) is 0.645. The molecular formula is C12H16FN3O2. The molecule has 0 aromatic heterocycles. The number of anilines is 1. The highest BCUT2D eigenvalue weighted by atomic mass is 19.1. The smallest absolute Gasteiger partial charge is 0.327 e. The Balaban J connectivity index is 2.34. The molecule has 0 radical (unpaired) electrons. The molecule has 18 heavy (non-hydrogen) atoms. The third-order valence-corrected chi connectivity index (χ3v) is 3.51. The van der Waals surface area contributed by atoms with Crippen molar-refractivity contribution < 1.29 is 9.31 Å². The maximum Gasteiger partial charge on any atom is 0.327 e. The lowest BCUT2D eigenvalue weighted by molar-refractivity contribution is -0.386. The minimum atomic E-state index is -0.801. The first-order valence-corrected chi connectivity index (χ1v) is 5.94. The minimum absolute atomic E-state index is 0.0402. The van der Waals surface area contributed by atoms with Crippen molar-refractivity contribution in [1.29, 1.82) is 0 Å². The van der Waals surface area contributed by atoms with Gasteiger partial charge in [-0.2, -0.15) is 4.39 Å². The van der Waals surface area contributed by atoms with Crippen LogP contribution in [0.5, 0.6) is 0 Å². The van der Waals surface area contributed by atoms with E-state index in [1.807, 2.05) is 0 Å². The number of nitro benzene ring substituents is 1. The molecule has 1 heterocycles. The first-order valence-electron chi connectivity index (χ1n) is 5.94. The lowest BCUT2D eigenvalue weighted by Gasteiger charge is -2.36. The molecule has 1 saturated heterocycles. The number of nitrogens with two attached hydrogens (primary N) is 1. The van der Waals surface area contributed by atoms with Crippen LogP contribution in [0, 0.1) is 21.8 Å². The van der Waals surface area contributed by atoms with E-state index < -0.39 is 16.4 Å². The van der Waals surface area contributed by atoms with Gasteiger partial charge >= 0.3 is 5.69 Å². The fourth-order valence-corrected chi connectivity index (χ4v) is 2.26. The monoisotopic (exact) mass is 253 g/mol. The number of nitrogens with zero attached hydrogens (tertiary/aromatic N) is 2. The number of halogens is 1. The van der Waals surface area contributed by atoms with Gasteiger partial charge in [0, 0.05) is 19.1 Å². The van der Waals surface area contributed by atoms with Gasteiger partial charge in [-0.15, -0.1) is 0 Å². The lowest BCUT2D eigenvalue weighted by Crippen LogP contribution is -2.47. The Labute approximate surface area is 105 Å². The zero-order valence-electron chi connectivity index (χ0n) is 10.2. The fourth-order valence-electron chi connectivity index (χ4n) is 2.26. The van der Waals surface area contributed by atoms with Gasteiger partial charge in [-0.25, -0.2) is 0 Å². The zero-order chi connectivity index (χ0) is 13.3. The molecule has 6 heteroatoms. The Hall–Kier alpha value is -1.69. The van der Waals surface area contributed by atoms with Crippen molar-refractivity contribution in [3.8, 4) is 0 Å². The second-order valence-corrected chi connectivity index (χ2v) is 4.74. The third kappa shape index (κ3) is 2.28. The van der Waals surface area contributed by atoms with E-state index in [4.69, 9.17) is 5.73 Å². The summed E-state index contributed by atoms with van der Waals surface area (Å²) in [6.07, 6.45) is 0.856. The van der Waals surface area contributed by atoms with E-state index in [-0.39, 0.29) is 6.04 Å². The van der Waals surface area contributed by atoms with Crippen molar-refractivity contribution in [2.24, 2.45) is 11.7 Å². The summed E-state index contributed by atoms with van der Waals surface area (Å²) in [6, 6.07) is 4.13. The average Bonchev–Trinajstić information content (AvgIpc) is 2.32. The van der Waals surface area contributed by atoms with Crippen molar-refractivity contribution >= 4 is 11.4 Å². The molecule has 1 aliphatic heterocycles. The molecule has 5 nitrogen and oxygen atoms in total. The Morgan fingerprint density at radius 1 is 1.56 bits per heavy atom. The van der Waals surface area contributed by atoms with Crippen LogP contribution in [-0.4, -0.2) is 24.1 Å². The molecule has 0 aliphatic carbocycles. The highest BCUT2D eigenvalue weighted by Gasteiger charge is 2.29. The molecule has 2 N–H and O–H groups in total. The molecule has 1 aromatic carbocycles. The van der Waals surface area contributed by atoms with Crippen LogP contribution in [0.25, 0.3) is 0 Å². The Bertz CT molecular complexity index is 467. The topological polar surface area (TPSA) is 72.4 Å². The molecule has 0 spiro atoms. The number of para-hydroxylation sites is 1. The molecule has 1 fully saturated rings. The molecule has 0 bridgehead atoms. The molecule has 0 amide bonds. The van der Waals surface area contributed by atoms with Crippen LogP contribution < -0.4 is 10.6 Å². The number of hydrogen-bond acceptors (Lipinski definition) is 4. The van der Waals surface area contributed by atoms with Crippen molar-refractivity contribution in [2.45, 2.75) is 19.4 Å². The lowest BCUT2D eigenvalue weighted by atomic mass is 9.94. The molecule has 1 aromatic rings. The maximum atomic E-state index is 13.5. The number of nitro groups is 1. The van der Waals surface area contributed by atoms with E-state index in [2.05, 4.69) is 6.92 Å². The predicted molar refractivity (Wildman–Crippen MR) is 67.0 cm³/mol. The van der Waals surface area contributed by atoms with E-state index in [0.717, 1.165) is 12.5 Å². The number of rotatable bonds is 2. The first kappa shape index (κ1) is 12.8. The molecule has 98 valence electrons. The Morgan fingerprint density at radius 2 is 2.28 bits per heavy atom. The standard InChI is InChI=1S/C12H16FN3O2/c1-8-5-6-15(7-10(8)14)11-4-2-3-9(13)12(11)16(17)18/h2-4,8,10H,5-7,14H2,1H3. The van der Waals surface area contributed by atoms with E-state index >= 15 is 0 Å². The zero-order valence-corrected chi connectivity index (χ0v) is 10.2. The van der Waals surface area contributed by atoms with Gasteiger partial charge in [0.2, 0.25) is 5.82 Å². The summed E-state index contributed by atoms with van der Waals surface area (Å²) in [6.45, 7) is 3.24. The van der Waals surface area contributed by atoms with Crippen molar-refractivity contribution in [1.82, 2.24) is 0 Å². The van der Waals surface area contributed by atoms with Crippen LogP contribution in [0.4, 0.5) is 15.8 Å². The summed E-state index contributed by atoms with van der Waals surface area (Å²) in [4.78, 5) is 12.1. The van der Waals surface area contributed by atoms with Crippen LogP contribution in [0.15, 0.2) is 18.2 Å². The van der Waals surface area contributed by atoms with Gasteiger partial charge in [-0.1, -0.05) is 13.0 Å². The van der Waals surface area contributed by atoms with Gasteiger partial charge in [-0.05, 0) is 24.5 Å². The molecule has 2 atom stereocenters. The fraction of sp³-hybridized carbons (Fsp3) is 0.500. The summed E-state index contributed by atoms with van der Waals surface area (Å²) in [7, 11) is 0. The Morgan fingerprint density at radius 3 is 2.89 bits per heavy atom. The predicted octanol–water partition coefficient (Wildman–Crippen LogP) is 1.91. The van der Waals surface area contributed by atoms with E-state index in [9.17, 15) is 14.5 Å². The van der Waals surface area contributed by atoms with Crippen LogP contribution in [0.3, 0.4) is 0 Å². The average molecular weight is 253 g/mol. The highest BCUT2D eigenvalue weighted by molar-refractivity contribution is 5.64. The van der Waals surface area contributed by atoms with Crippen LogP contribution in [0.1, 0.15) is 13.3 Å². The first-order chi connectivity index (χ1) is 8.50. The largest absolute Gasteiger partial charge is 0.364 e. The number of benzene rings is 1. The summed E-state index contributed by atoms with van der Waals surface area (Å²) in [5.74, 6) is -0.418. The number of piperidine rings is 1. The van der Waals surface area contributed by atoms with Gasteiger partial charge in [-0.3, -0.25) is 10.1 Å². The van der Waals surface area contributed by atoms with Gasteiger partial charge in [0.15, 0.2) is 0 Å². The van der Waals surface area contributed by atoms with Gasteiger partial charge in [0.05, 0.1) is 4.92 Å². The molecule has 1 aliphatic rings. The molecule has 0 saturated carbocycles. The van der Waals surface area contributed by atoms with Crippen LogP contribution in [-0.2, 0) is 0 Å². The Kier molecular flexibility index (Phi) is 3.47. The SMILES string of the molecule is CC1CCN(c2cccc(F)c2[N+](=O)[O-])CC1N. The highest BCUT2D eigenvalue weighted by Crippen LogP contribution is 2.33. The van der Waals surface area contributed by atoms with Gasteiger partial charge in [0.1, 0.15) is 5.69 Å². The van der Waals surface area contributed by atoms with Crippen molar-refractivity contribution in [2.75, 3.05) is 18.0 Å². The third-order valence-electron chi connectivity index (χ3n) is 3.51. The number of hydrogen-bond donors (Lipinski definition) is 1. The molecular weight excluding hydrogens is 237 g/mol. The second kappa shape index (κ2) is 4.89. The minimum Gasteiger partial charge on any atom is -0.364 e. The van der Waals surface area contributed by atoms with Gasteiger partial charge < -0.3 is 10.6 Å². The van der Waals surface area contributed by atoms with Gasteiger partial charge in [0.25, 0.3) is 0 Å². The second-order valence-electron chi connectivity index (χ2n) is 4.74. The summed E-state index contributed by atoms with van der Waals surface area (Å²) >= 11 is 0. The van der Waals surface area contributed by atoms with Crippen LogP contribution >= 0.6 is 0 Å².